The molecule has 0 aliphatic heterocycles. The van der Waals surface area contributed by atoms with E-state index in [0.29, 0.717) is 5.56 Å². The molecular weight excluding hydrogens is 192 g/mol. The molecular formula is C8H10O4S. The minimum Gasteiger partial charge on any atom is -0.264 e. The van der Waals surface area contributed by atoms with E-state index in [2.05, 4.69) is 4.18 Å². The molecule has 0 spiro atoms. The lowest BCUT2D eigenvalue weighted by atomic mass is 10.1. The van der Waals surface area contributed by atoms with Crippen molar-refractivity contribution in [3.63, 3.8) is 0 Å². The maximum Gasteiger partial charge on any atom is 0.397 e. The lowest BCUT2D eigenvalue weighted by Crippen LogP contribution is -2.07. The first-order chi connectivity index (χ1) is 5.99. The van der Waals surface area contributed by atoms with Gasteiger partial charge in [-0.3, -0.25) is 4.55 Å². The maximum absolute atomic E-state index is 10.3. The molecule has 0 amide bonds. The highest BCUT2D eigenvalue weighted by molar-refractivity contribution is 7.80. The molecule has 72 valence electrons. The summed E-state index contributed by atoms with van der Waals surface area (Å²) in [6.07, 6.45) is -0.670. The van der Waals surface area contributed by atoms with Crippen LogP contribution in [-0.4, -0.2) is 13.0 Å². The monoisotopic (exact) mass is 202 g/mol. The van der Waals surface area contributed by atoms with Gasteiger partial charge in [-0.1, -0.05) is 30.3 Å². The Morgan fingerprint density at radius 1 is 1.31 bits per heavy atom. The molecule has 0 radical (unpaired) electrons. The molecule has 0 bridgehead atoms. The Morgan fingerprint density at radius 3 is 2.31 bits per heavy atom. The third-order valence-corrected chi connectivity index (χ3v) is 2.07. The first kappa shape index (κ1) is 10.2. The van der Waals surface area contributed by atoms with Gasteiger partial charge >= 0.3 is 10.4 Å². The molecule has 1 aromatic carbocycles. The highest BCUT2D eigenvalue weighted by atomic mass is 32.3. The molecule has 0 aliphatic carbocycles. The van der Waals surface area contributed by atoms with E-state index in [1.807, 2.05) is 6.07 Å². The van der Waals surface area contributed by atoms with Gasteiger partial charge in [0.15, 0.2) is 0 Å². The maximum atomic E-state index is 10.3. The van der Waals surface area contributed by atoms with E-state index in [4.69, 9.17) is 4.55 Å². The predicted molar refractivity (Wildman–Crippen MR) is 47.5 cm³/mol. The van der Waals surface area contributed by atoms with Crippen LogP contribution in [0.25, 0.3) is 0 Å². The molecule has 1 aromatic rings. The van der Waals surface area contributed by atoms with Crippen LogP contribution in [0.1, 0.15) is 18.6 Å². The van der Waals surface area contributed by atoms with E-state index >= 15 is 0 Å². The third kappa shape index (κ3) is 3.54. The van der Waals surface area contributed by atoms with Crippen molar-refractivity contribution in [3.8, 4) is 0 Å². The van der Waals surface area contributed by atoms with Crippen LogP contribution in [0.15, 0.2) is 30.3 Å². The van der Waals surface area contributed by atoms with Crippen molar-refractivity contribution in [3.05, 3.63) is 35.9 Å². The third-order valence-electron chi connectivity index (χ3n) is 1.53. The van der Waals surface area contributed by atoms with Gasteiger partial charge in [0, 0.05) is 0 Å². The second kappa shape index (κ2) is 3.87. The van der Waals surface area contributed by atoms with E-state index in [-0.39, 0.29) is 0 Å². The fraction of sp³-hybridized carbons (Fsp3) is 0.250. The lowest BCUT2D eigenvalue weighted by Gasteiger charge is -2.09. The Hall–Kier alpha value is -0.910. The Balaban J connectivity index is 2.76. The first-order valence-electron chi connectivity index (χ1n) is 3.69. The minimum atomic E-state index is -4.37. The largest absolute Gasteiger partial charge is 0.397 e. The standard InChI is InChI=1S/C8H10O4S/c1-7(12-13(9,10)11)8-5-3-2-4-6-8/h2-7H,1H3,(H,9,10,11)/t7-/m1/s1. The summed E-state index contributed by atoms with van der Waals surface area (Å²) < 4.78 is 33.4. The van der Waals surface area contributed by atoms with Gasteiger partial charge in [-0.2, -0.15) is 8.42 Å². The summed E-state index contributed by atoms with van der Waals surface area (Å²) in [6.45, 7) is 1.54. The fourth-order valence-corrected chi connectivity index (χ4v) is 1.44. The summed E-state index contributed by atoms with van der Waals surface area (Å²) in [4.78, 5) is 0. The van der Waals surface area contributed by atoms with Gasteiger partial charge in [-0.25, -0.2) is 4.18 Å². The van der Waals surface area contributed by atoms with E-state index < -0.39 is 16.5 Å². The summed E-state index contributed by atoms with van der Waals surface area (Å²) in [7, 11) is -4.37. The van der Waals surface area contributed by atoms with Gasteiger partial charge in [-0.15, -0.1) is 0 Å². The van der Waals surface area contributed by atoms with Crippen molar-refractivity contribution in [1.82, 2.24) is 0 Å². The van der Waals surface area contributed by atoms with Crippen molar-refractivity contribution in [2.24, 2.45) is 0 Å². The van der Waals surface area contributed by atoms with Gasteiger partial charge in [0.25, 0.3) is 0 Å². The summed E-state index contributed by atoms with van der Waals surface area (Å²) >= 11 is 0. The van der Waals surface area contributed by atoms with E-state index in [9.17, 15) is 8.42 Å². The van der Waals surface area contributed by atoms with Gasteiger partial charge in [-0.05, 0) is 12.5 Å². The van der Waals surface area contributed by atoms with Gasteiger partial charge in [0.1, 0.15) is 6.10 Å². The molecule has 5 heteroatoms. The topological polar surface area (TPSA) is 63.6 Å². The van der Waals surface area contributed by atoms with E-state index in [0.717, 1.165) is 0 Å². The molecule has 4 nitrogen and oxygen atoms in total. The second-order valence-electron chi connectivity index (χ2n) is 2.58. The zero-order valence-corrected chi connectivity index (χ0v) is 7.86. The van der Waals surface area contributed by atoms with Crippen LogP contribution in [0.2, 0.25) is 0 Å². The smallest absolute Gasteiger partial charge is 0.264 e. The van der Waals surface area contributed by atoms with Crippen molar-refractivity contribution in [2.75, 3.05) is 0 Å². The molecule has 13 heavy (non-hydrogen) atoms. The average Bonchev–Trinajstić information content (AvgIpc) is 2.03. The van der Waals surface area contributed by atoms with Crippen LogP contribution in [0, 0.1) is 0 Å². The molecule has 0 fully saturated rings. The molecule has 1 atom stereocenters. The highest BCUT2D eigenvalue weighted by Crippen LogP contribution is 2.17. The Bertz CT molecular complexity index is 357. The van der Waals surface area contributed by atoms with Crippen LogP contribution in [0.5, 0.6) is 0 Å². The Kier molecular flexibility index (Phi) is 3.02. The minimum absolute atomic E-state index is 0.670. The Morgan fingerprint density at radius 2 is 1.85 bits per heavy atom. The van der Waals surface area contributed by atoms with Gasteiger partial charge in [0.05, 0.1) is 0 Å². The normalized spacial score (nSPS) is 14.0. The van der Waals surface area contributed by atoms with Crippen molar-refractivity contribution < 1.29 is 17.2 Å². The molecule has 0 heterocycles. The summed E-state index contributed by atoms with van der Waals surface area (Å²) in [5, 5.41) is 0. The fourth-order valence-electron chi connectivity index (χ4n) is 0.962. The number of benzene rings is 1. The number of rotatable bonds is 3. The number of hydrogen-bond donors (Lipinski definition) is 1. The zero-order valence-electron chi connectivity index (χ0n) is 7.04. The van der Waals surface area contributed by atoms with Crippen molar-refractivity contribution in [2.45, 2.75) is 13.0 Å². The molecule has 0 aromatic heterocycles. The highest BCUT2D eigenvalue weighted by Gasteiger charge is 2.13. The van der Waals surface area contributed by atoms with Gasteiger partial charge < -0.3 is 0 Å². The molecule has 0 aliphatic rings. The molecule has 0 saturated carbocycles. The van der Waals surface area contributed by atoms with Crippen LogP contribution in [0.4, 0.5) is 0 Å². The van der Waals surface area contributed by atoms with E-state index in [1.165, 1.54) is 0 Å². The zero-order chi connectivity index (χ0) is 9.90. The predicted octanol–water partition coefficient (Wildman–Crippen LogP) is 1.57. The Labute approximate surface area is 77.1 Å². The van der Waals surface area contributed by atoms with Crippen LogP contribution >= 0.6 is 0 Å². The van der Waals surface area contributed by atoms with Crippen molar-refractivity contribution in [1.29, 1.82) is 0 Å². The van der Waals surface area contributed by atoms with Crippen LogP contribution in [0.3, 0.4) is 0 Å². The van der Waals surface area contributed by atoms with Crippen LogP contribution < -0.4 is 0 Å². The number of hydrogen-bond acceptors (Lipinski definition) is 3. The first-order valence-corrected chi connectivity index (χ1v) is 5.06. The van der Waals surface area contributed by atoms with Crippen molar-refractivity contribution >= 4 is 10.4 Å². The molecule has 0 saturated heterocycles. The summed E-state index contributed by atoms with van der Waals surface area (Å²) in [5.41, 5.74) is 0.695. The quantitative estimate of drug-likeness (QED) is 0.755. The lowest BCUT2D eigenvalue weighted by molar-refractivity contribution is 0.201. The van der Waals surface area contributed by atoms with Gasteiger partial charge in [0.2, 0.25) is 0 Å². The second-order valence-corrected chi connectivity index (χ2v) is 3.62. The van der Waals surface area contributed by atoms with E-state index in [1.54, 1.807) is 31.2 Å². The summed E-state index contributed by atoms with van der Waals surface area (Å²) in [5.74, 6) is 0. The average molecular weight is 202 g/mol. The summed E-state index contributed by atoms with van der Waals surface area (Å²) in [6, 6.07) is 8.77. The van der Waals surface area contributed by atoms with Crippen LogP contribution in [-0.2, 0) is 14.6 Å². The molecule has 1 N–H and O–H groups in total. The molecule has 1 rings (SSSR count). The SMILES string of the molecule is C[C@@H](OS(=O)(=O)O)c1ccccc1. The molecule has 0 unspecified atom stereocenters.